The Morgan fingerprint density at radius 3 is 2.42 bits per heavy atom. The summed E-state index contributed by atoms with van der Waals surface area (Å²) < 4.78 is 5.60. The van der Waals surface area contributed by atoms with E-state index in [1.165, 1.54) is 5.56 Å². The molecule has 0 unspecified atom stereocenters. The molecule has 2 N–H and O–H groups in total. The Kier molecular flexibility index (Phi) is 9.66. The second kappa shape index (κ2) is 10.9. The number of hydrogen-bond acceptors (Lipinski definition) is 2. The molecule has 24 heavy (non-hydrogen) atoms. The molecule has 0 saturated carbocycles. The zero-order chi connectivity index (χ0) is 16.5. The molecule has 1 aromatic carbocycles. The zero-order valence-electron chi connectivity index (χ0n) is 15.2. The quantitative estimate of drug-likeness (QED) is 0.400. The molecule has 1 saturated heterocycles. The third-order valence-corrected chi connectivity index (χ3v) is 4.67. The standard InChI is InChI=1S/C19H31N3O.HI/c1-16(2)9-12-21-18(20-3)22-15-19(10-13-23-14-11-19)17-7-5-4-6-8-17;/h4-8,16H,9-15H2,1-3H3,(H2,20,21,22);1H. The number of guanidine groups is 1. The summed E-state index contributed by atoms with van der Waals surface area (Å²) in [7, 11) is 1.84. The van der Waals surface area contributed by atoms with Crippen molar-refractivity contribution in [3.8, 4) is 0 Å². The monoisotopic (exact) mass is 445 g/mol. The number of rotatable bonds is 6. The van der Waals surface area contributed by atoms with Gasteiger partial charge in [-0.15, -0.1) is 24.0 Å². The topological polar surface area (TPSA) is 45.7 Å². The maximum absolute atomic E-state index is 5.60. The molecular weight excluding hydrogens is 413 g/mol. The van der Waals surface area contributed by atoms with Crippen LogP contribution in [0.2, 0.25) is 0 Å². The van der Waals surface area contributed by atoms with Crippen molar-refractivity contribution in [1.82, 2.24) is 10.6 Å². The molecule has 0 aromatic heterocycles. The smallest absolute Gasteiger partial charge is 0.191 e. The molecule has 0 amide bonds. The maximum Gasteiger partial charge on any atom is 0.191 e. The van der Waals surface area contributed by atoms with Crippen LogP contribution in [0.5, 0.6) is 0 Å². The Labute approximate surface area is 163 Å². The third kappa shape index (κ3) is 6.24. The number of ether oxygens (including phenoxy) is 1. The lowest BCUT2D eigenvalue weighted by molar-refractivity contribution is 0.0514. The summed E-state index contributed by atoms with van der Waals surface area (Å²) in [6.07, 6.45) is 3.25. The fourth-order valence-corrected chi connectivity index (χ4v) is 3.07. The van der Waals surface area contributed by atoms with Crippen LogP contribution in [0.3, 0.4) is 0 Å². The van der Waals surface area contributed by atoms with Gasteiger partial charge in [-0.1, -0.05) is 44.2 Å². The van der Waals surface area contributed by atoms with E-state index in [1.54, 1.807) is 0 Å². The SMILES string of the molecule is CN=C(NCCC(C)C)NCC1(c2ccccc2)CCOCC1.I. The van der Waals surface area contributed by atoms with E-state index in [0.29, 0.717) is 5.92 Å². The number of nitrogens with zero attached hydrogens (tertiary/aromatic N) is 1. The fraction of sp³-hybridized carbons (Fsp3) is 0.632. The van der Waals surface area contributed by atoms with Crippen molar-refractivity contribution in [2.24, 2.45) is 10.9 Å². The first kappa shape index (κ1) is 21.2. The molecule has 1 fully saturated rings. The minimum absolute atomic E-state index is 0. The summed E-state index contributed by atoms with van der Waals surface area (Å²) >= 11 is 0. The lowest BCUT2D eigenvalue weighted by Crippen LogP contribution is -2.48. The van der Waals surface area contributed by atoms with Gasteiger partial charge in [-0.05, 0) is 30.7 Å². The highest BCUT2D eigenvalue weighted by atomic mass is 127. The summed E-state index contributed by atoms with van der Waals surface area (Å²) in [5.74, 6) is 1.60. The summed E-state index contributed by atoms with van der Waals surface area (Å²) in [4.78, 5) is 4.36. The average molecular weight is 445 g/mol. The highest BCUT2D eigenvalue weighted by Crippen LogP contribution is 2.34. The van der Waals surface area contributed by atoms with Gasteiger partial charge in [-0.25, -0.2) is 0 Å². The van der Waals surface area contributed by atoms with Crippen molar-refractivity contribution in [3.63, 3.8) is 0 Å². The van der Waals surface area contributed by atoms with Crippen molar-refractivity contribution < 1.29 is 4.74 Å². The van der Waals surface area contributed by atoms with E-state index < -0.39 is 0 Å². The van der Waals surface area contributed by atoms with Crippen molar-refractivity contribution in [2.75, 3.05) is 33.4 Å². The molecule has 5 heteroatoms. The van der Waals surface area contributed by atoms with Gasteiger partial charge in [0.05, 0.1) is 0 Å². The lowest BCUT2D eigenvalue weighted by atomic mass is 9.74. The molecule has 1 heterocycles. The van der Waals surface area contributed by atoms with E-state index in [0.717, 1.165) is 51.5 Å². The Hall–Kier alpha value is -0.820. The van der Waals surface area contributed by atoms with Crippen LogP contribution in [-0.2, 0) is 10.2 Å². The lowest BCUT2D eigenvalue weighted by Gasteiger charge is -2.38. The Balaban J connectivity index is 0.00000288. The second-order valence-corrected chi connectivity index (χ2v) is 6.79. The van der Waals surface area contributed by atoms with Gasteiger partial charge in [0.25, 0.3) is 0 Å². The van der Waals surface area contributed by atoms with Gasteiger partial charge in [0, 0.05) is 38.8 Å². The number of benzene rings is 1. The second-order valence-electron chi connectivity index (χ2n) is 6.79. The molecule has 1 aliphatic rings. The number of aliphatic imine (C=N–C) groups is 1. The number of halogens is 1. The molecular formula is C19H32IN3O. The van der Waals surface area contributed by atoms with Gasteiger partial charge in [0.15, 0.2) is 5.96 Å². The van der Waals surface area contributed by atoms with Crippen LogP contribution in [0.25, 0.3) is 0 Å². The van der Waals surface area contributed by atoms with Crippen LogP contribution in [-0.4, -0.2) is 39.3 Å². The Bertz CT molecular complexity index is 485. The van der Waals surface area contributed by atoms with Crippen LogP contribution in [0.1, 0.15) is 38.7 Å². The Morgan fingerprint density at radius 2 is 1.83 bits per heavy atom. The normalized spacial score (nSPS) is 17.2. The first-order chi connectivity index (χ1) is 11.2. The first-order valence-corrected chi connectivity index (χ1v) is 8.74. The van der Waals surface area contributed by atoms with Crippen molar-refractivity contribution in [1.29, 1.82) is 0 Å². The van der Waals surface area contributed by atoms with Crippen LogP contribution >= 0.6 is 24.0 Å². The molecule has 1 aliphatic heterocycles. The molecule has 4 nitrogen and oxygen atoms in total. The van der Waals surface area contributed by atoms with E-state index in [2.05, 4.69) is 59.8 Å². The minimum atomic E-state index is 0. The maximum atomic E-state index is 5.60. The highest BCUT2D eigenvalue weighted by molar-refractivity contribution is 14.0. The van der Waals surface area contributed by atoms with Gasteiger partial charge in [-0.2, -0.15) is 0 Å². The zero-order valence-corrected chi connectivity index (χ0v) is 17.5. The predicted octanol–water partition coefficient (Wildman–Crippen LogP) is 3.56. The average Bonchev–Trinajstić information content (AvgIpc) is 2.59. The van der Waals surface area contributed by atoms with E-state index in [4.69, 9.17) is 4.74 Å². The Morgan fingerprint density at radius 1 is 1.17 bits per heavy atom. The molecule has 1 aromatic rings. The largest absolute Gasteiger partial charge is 0.381 e. The van der Waals surface area contributed by atoms with Gasteiger partial charge in [0.2, 0.25) is 0 Å². The first-order valence-electron chi connectivity index (χ1n) is 8.74. The van der Waals surface area contributed by atoms with E-state index >= 15 is 0 Å². The summed E-state index contributed by atoms with van der Waals surface area (Å²) in [5.41, 5.74) is 1.53. The van der Waals surface area contributed by atoms with Gasteiger partial charge in [-0.3, -0.25) is 4.99 Å². The molecule has 0 aliphatic carbocycles. The van der Waals surface area contributed by atoms with Gasteiger partial charge in [0.1, 0.15) is 0 Å². The fourth-order valence-electron chi connectivity index (χ4n) is 3.07. The highest BCUT2D eigenvalue weighted by Gasteiger charge is 2.34. The third-order valence-electron chi connectivity index (χ3n) is 4.67. The molecule has 0 spiro atoms. The number of nitrogens with one attached hydrogen (secondary N) is 2. The van der Waals surface area contributed by atoms with Crippen LogP contribution in [0.4, 0.5) is 0 Å². The van der Waals surface area contributed by atoms with Gasteiger partial charge < -0.3 is 15.4 Å². The van der Waals surface area contributed by atoms with Crippen LogP contribution in [0, 0.1) is 5.92 Å². The van der Waals surface area contributed by atoms with Crippen LogP contribution < -0.4 is 10.6 Å². The van der Waals surface area contributed by atoms with E-state index in [9.17, 15) is 0 Å². The number of hydrogen-bond donors (Lipinski definition) is 2. The van der Waals surface area contributed by atoms with E-state index in [1.807, 2.05) is 7.05 Å². The molecule has 0 radical (unpaired) electrons. The molecule has 0 atom stereocenters. The van der Waals surface area contributed by atoms with Crippen LogP contribution in [0.15, 0.2) is 35.3 Å². The van der Waals surface area contributed by atoms with E-state index in [-0.39, 0.29) is 29.4 Å². The molecule has 0 bridgehead atoms. The molecule has 2 rings (SSSR count). The van der Waals surface area contributed by atoms with Gasteiger partial charge >= 0.3 is 0 Å². The molecule has 136 valence electrons. The summed E-state index contributed by atoms with van der Waals surface area (Å²) in [6.45, 7) is 7.99. The summed E-state index contributed by atoms with van der Waals surface area (Å²) in [5, 5.41) is 6.95. The van der Waals surface area contributed by atoms with Crippen molar-refractivity contribution in [2.45, 2.75) is 38.5 Å². The minimum Gasteiger partial charge on any atom is -0.381 e. The van der Waals surface area contributed by atoms with Crippen molar-refractivity contribution in [3.05, 3.63) is 35.9 Å². The summed E-state index contributed by atoms with van der Waals surface area (Å²) in [6, 6.07) is 10.8. The van der Waals surface area contributed by atoms with Crippen molar-refractivity contribution >= 4 is 29.9 Å². The predicted molar refractivity (Wildman–Crippen MR) is 112 cm³/mol.